The molecule has 1 amide bonds. The largest absolute Gasteiger partial charge is 0.491 e. The van der Waals surface area contributed by atoms with Gasteiger partial charge in [-0.15, -0.1) is 0 Å². The van der Waals surface area contributed by atoms with Gasteiger partial charge in [0.2, 0.25) is 5.91 Å². The Hall–Kier alpha value is -1.62. The molecule has 0 radical (unpaired) electrons. The molecule has 0 aromatic heterocycles. The monoisotopic (exact) mass is 304 g/mol. The molecule has 1 aromatic rings. The summed E-state index contributed by atoms with van der Waals surface area (Å²) in [5.74, 6) is 1.29. The average Bonchev–Trinajstić information content (AvgIpc) is 2.65. The number of carbonyl (C=O) groups excluding carboxylic acids is 1. The van der Waals surface area contributed by atoms with E-state index < -0.39 is 5.41 Å². The van der Waals surface area contributed by atoms with Gasteiger partial charge in [0.15, 0.2) is 0 Å². The summed E-state index contributed by atoms with van der Waals surface area (Å²) in [4.78, 5) is 15.2. The van der Waals surface area contributed by atoms with E-state index in [9.17, 15) is 4.79 Å². The lowest BCUT2D eigenvalue weighted by atomic mass is 9.61. The molecule has 1 fully saturated rings. The van der Waals surface area contributed by atoms with Crippen LogP contribution in [0.1, 0.15) is 26.2 Å². The number of nitrogens with zero attached hydrogens (tertiary/aromatic N) is 1. The van der Waals surface area contributed by atoms with Gasteiger partial charge in [-0.3, -0.25) is 4.79 Å². The zero-order valence-electron chi connectivity index (χ0n) is 12.2. The molecule has 1 aromatic carbocycles. The molecular weight excluding hydrogens is 284 g/mol. The van der Waals surface area contributed by atoms with Crippen molar-refractivity contribution < 1.29 is 9.53 Å². The predicted molar refractivity (Wildman–Crippen MR) is 86.5 cm³/mol. The number of nitrogens with two attached hydrogens (primary N) is 1. The smallest absolute Gasteiger partial charge is 0.240 e. The van der Waals surface area contributed by atoms with Crippen molar-refractivity contribution in [2.75, 3.05) is 18.1 Å². The van der Waals surface area contributed by atoms with Crippen molar-refractivity contribution in [3.63, 3.8) is 0 Å². The summed E-state index contributed by atoms with van der Waals surface area (Å²) in [6.07, 6.45) is 2.31. The zero-order chi connectivity index (χ0) is 15.0. The SMILES string of the molecule is CC1CC(C(=O)N2CCCOc3ccccc32)(C(N)=S)C1. The van der Waals surface area contributed by atoms with E-state index in [-0.39, 0.29) is 5.91 Å². The van der Waals surface area contributed by atoms with Crippen LogP contribution < -0.4 is 15.4 Å². The van der Waals surface area contributed by atoms with Crippen LogP contribution in [0.5, 0.6) is 5.75 Å². The molecule has 4 nitrogen and oxygen atoms in total. The third kappa shape index (κ3) is 2.29. The Morgan fingerprint density at radius 1 is 1.43 bits per heavy atom. The summed E-state index contributed by atoms with van der Waals surface area (Å²) < 4.78 is 5.72. The van der Waals surface area contributed by atoms with Crippen LogP contribution in [-0.2, 0) is 4.79 Å². The van der Waals surface area contributed by atoms with Gasteiger partial charge in [0.25, 0.3) is 0 Å². The highest BCUT2D eigenvalue weighted by Gasteiger charge is 2.53. The molecule has 1 aliphatic heterocycles. The Kier molecular flexibility index (Phi) is 3.61. The number of hydrogen-bond donors (Lipinski definition) is 1. The highest BCUT2D eigenvalue weighted by Crippen LogP contribution is 2.48. The van der Waals surface area contributed by atoms with E-state index in [1.807, 2.05) is 29.2 Å². The van der Waals surface area contributed by atoms with Gasteiger partial charge in [0, 0.05) is 6.54 Å². The number of fused-ring (bicyclic) bond motifs is 1. The van der Waals surface area contributed by atoms with Gasteiger partial charge in [0.1, 0.15) is 5.75 Å². The summed E-state index contributed by atoms with van der Waals surface area (Å²) in [5.41, 5.74) is 6.08. The predicted octanol–water partition coefficient (Wildman–Crippen LogP) is 2.50. The highest BCUT2D eigenvalue weighted by molar-refractivity contribution is 7.80. The topological polar surface area (TPSA) is 55.6 Å². The van der Waals surface area contributed by atoms with E-state index in [0.717, 1.165) is 30.7 Å². The van der Waals surface area contributed by atoms with Gasteiger partial charge in [-0.1, -0.05) is 31.3 Å². The lowest BCUT2D eigenvalue weighted by Crippen LogP contribution is -2.57. The van der Waals surface area contributed by atoms with Crippen molar-refractivity contribution in [1.82, 2.24) is 0 Å². The van der Waals surface area contributed by atoms with Crippen molar-refractivity contribution in [3.8, 4) is 5.75 Å². The minimum absolute atomic E-state index is 0.0334. The van der Waals surface area contributed by atoms with Crippen molar-refractivity contribution in [2.45, 2.75) is 26.2 Å². The molecule has 2 aliphatic rings. The number of ether oxygens (including phenoxy) is 1. The third-order valence-corrected chi connectivity index (χ3v) is 4.85. The molecule has 5 heteroatoms. The van der Waals surface area contributed by atoms with Crippen LogP contribution in [0, 0.1) is 11.3 Å². The van der Waals surface area contributed by atoms with Crippen LogP contribution in [0.3, 0.4) is 0 Å². The van der Waals surface area contributed by atoms with Crippen LogP contribution in [0.25, 0.3) is 0 Å². The number of thiocarbonyl (C=S) groups is 1. The molecule has 1 saturated carbocycles. The van der Waals surface area contributed by atoms with E-state index in [4.69, 9.17) is 22.7 Å². The molecule has 3 rings (SSSR count). The minimum Gasteiger partial charge on any atom is -0.491 e. The highest BCUT2D eigenvalue weighted by atomic mass is 32.1. The molecule has 21 heavy (non-hydrogen) atoms. The fourth-order valence-electron chi connectivity index (χ4n) is 3.41. The fourth-order valence-corrected chi connectivity index (χ4v) is 3.66. The lowest BCUT2D eigenvalue weighted by molar-refractivity contribution is -0.130. The average molecular weight is 304 g/mol. The molecule has 0 spiro atoms. The quantitative estimate of drug-likeness (QED) is 0.853. The molecule has 2 N–H and O–H groups in total. The number of amides is 1. The maximum absolute atomic E-state index is 13.1. The van der Waals surface area contributed by atoms with Crippen LogP contribution in [-0.4, -0.2) is 24.0 Å². The van der Waals surface area contributed by atoms with Gasteiger partial charge in [-0.25, -0.2) is 0 Å². The second-order valence-electron chi connectivity index (χ2n) is 6.09. The van der Waals surface area contributed by atoms with Crippen molar-refractivity contribution >= 4 is 28.8 Å². The first-order valence-electron chi connectivity index (χ1n) is 7.38. The van der Waals surface area contributed by atoms with Gasteiger partial charge in [-0.2, -0.15) is 0 Å². The third-order valence-electron chi connectivity index (χ3n) is 4.46. The van der Waals surface area contributed by atoms with Gasteiger partial charge in [-0.05, 0) is 37.3 Å². The maximum atomic E-state index is 13.1. The van der Waals surface area contributed by atoms with E-state index >= 15 is 0 Å². The Bertz CT molecular complexity index is 581. The van der Waals surface area contributed by atoms with Crippen molar-refractivity contribution in [2.24, 2.45) is 17.1 Å². The molecule has 0 unspecified atom stereocenters. The number of hydrogen-bond acceptors (Lipinski definition) is 3. The molecule has 1 heterocycles. The molecule has 112 valence electrons. The summed E-state index contributed by atoms with van der Waals surface area (Å²) >= 11 is 5.21. The number of benzene rings is 1. The molecule has 0 saturated heterocycles. The summed E-state index contributed by atoms with van der Waals surface area (Å²) in [6.45, 7) is 3.40. The number of carbonyl (C=O) groups is 1. The fraction of sp³-hybridized carbons (Fsp3) is 0.500. The number of rotatable bonds is 2. The first-order chi connectivity index (χ1) is 10.0. The first-order valence-corrected chi connectivity index (χ1v) is 7.79. The molecule has 0 bridgehead atoms. The summed E-state index contributed by atoms with van der Waals surface area (Å²) in [5, 5.41) is 0. The lowest BCUT2D eigenvalue weighted by Gasteiger charge is -2.46. The van der Waals surface area contributed by atoms with E-state index in [0.29, 0.717) is 24.1 Å². The minimum atomic E-state index is -0.661. The second-order valence-corrected chi connectivity index (χ2v) is 6.53. The summed E-state index contributed by atoms with van der Waals surface area (Å²) in [6, 6.07) is 7.66. The molecule has 1 aliphatic carbocycles. The van der Waals surface area contributed by atoms with Crippen LogP contribution >= 0.6 is 12.2 Å². The van der Waals surface area contributed by atoms with E-state index in [2.05, 4.69) is 6.92 Å². The normalized spacial score (nSPS) is 27.9. The van der Waals surface area contributed by atoms with Crippen LogP contribution in [0.4, 0.5) is 5.69 Å². The van der Waals surface area contributed by atoms with Gasteiger partial charge < -0.3 is 15.4 Å². The van der Waals surface area contributed by atoms with Crippen molar-refractivity contribution in [1.29, 1.82) is 0 Å². The Balaban J connectivity index is 1.96. The van der Waals surface area contributed by atoms with E-state index in [1.54, 1.807) is 0 Å². The Morgan fingerprint density at radius 2 is 2.14 bits per heavy atom. The Morgan fingerprint density at radius 3 is 2.81 bits per heavy atom. The van der Waals surface area contributed by atoms with Crippen LogP contribution in [0.15, 0.2) is 24.3 Å². The number of para-hydroxylation sites is 2. The standard InChI is InChI=1S/C16H20N2O2S/c1-11-9-16(10-11,14(17)21)15(19)18-7-4-8-20-13-6-3-2-5-12(13)18/h2-3,5-6,11H,4,7-10H2,1H3,(H2,17,21). The Labute approximate surface area is 130 Å². The maximum Gasteiger partial charge on any atom is 0.240 e. The van der Waals surface area contributed by atoms with E-state index in [1.165, 1.54) is 0 Å². The van der Waals surface area contributed by atoms with Gasteiger partial charge >= 0.3 is 0 Å². The number of anilines is 1. The first kappa shape index (κ1) is 14.3. The zero-order valence-corrected chi connectivity index (χ0v) is 13.0. The molecule has 0 atom stereocenters. The second kappa shape index (κ2) is 5.30. The van der Waals surface area contributed by atoms with Crippen molar-refractivity contribution in [3.05, 3.63) is 24.3 Å². The molecular formula is C16H20N2O2S. The summed E-state index contributed by atoms with van der Waals surface area (Å²) in [7, 11) is 0. The van der Waals surface area contributed by atoms with Gasteiger partial charge in [0.05, 0.1) is 22.7 Å². The van der Waals surface area contributed by atoms with Crippen LogP contribution in [0.2, 0.25) is 0 Å².